The summed E-state index contributed by atoms with van der Waals surface area (Å²) in [6, 6.07) is 7.08. The van der Waals surface area contributed by atoms with Crippen molar-refractivity contribution in [2.24, 2.45) is 0 Å². The second-order valence-corrected chi connectivity index (χ2v) is 7.99. The van der Waals surface area contributed by atoms with Crippen molar-refractivity contribution in [3.63, 3.8) is 0 Å². The number of nitrogens with zero attached hydrogens (tertiary/aromatic N) is 1. The zero-order valence-electron chi connectivity index (χ0n) is 12.1. The fourth-order valence-corrected chi connectivity index (χ4v) is 4.70. The molecule has 2 aliphatic heterocycles. The lowest BCUT2D eigenvalue weighted by molar-refractivity contribution is -0.138. The number of hydrogen-bond acceptors (Lipinski definition) is 4. The van der Waals surface area contributed by atoms with Crippen LogP contribution in [-0.4, -0.2) is 44.3 Å². The molecule has 1 saturated heterocycles. The highest BCUT2D eigenvalue weighted by Crippen LogP contribution is 2.26. The van der Waals surface area contributed by atoms with Gasteiger partial charge in [-0.25, -0.2) is 8.42 Å². The van der Waals surface area contributed by atoms with E-state index in [1.165, 1.54) is 4.90 Å². The molecule has 0 aromatic heterocycles. The Morgan fingerprint density at radius 1 is 1.23 bits per heavy atom. The number of amides is 2. The van der Waals surface area contributed by atoms with Gasteiger partial charge in [-0.3, -0.25) is 9.59 Å². The number of para-hydroxylation sites is 1. The van der Waals surface area contributed by atoms with E-state index in [1.54, 1.807) is 0 Å². The number of anilines is 1. The Bertz CT molecular complexity index is 714. The Morgan fingerprint density at radius 3 is 2.73 bits per heavy atom. The standard InChI is InChI=1S/C15H18N2O4S/c18-14(16-12-7-9-22(20,21)10-12)15(19)17-8-3-5-11-4-1-2-6-13(11)17/h1-2,4,6,12H,3,5,7-10H2,(H,16,18). The first-order chi connectivity index (χ1) is 10.5. The molecule has 1 fully saturated rings. The largest absolute Gasteiger partial charge is 0.344 e. The molecule has 3 rings (SSSR count). The van der Waals surface area contributed by atoms with Crippen LogP contribution in [0.1, 0.15) is 18.4 Å². The Balaban J connectivity index is 1.71. The van der Waals surface area contributed by atoms with Gasteiger partial charge in [-0.05, 0) is 30.9 Å². The maximum atomic E-state index is 12.4. The summed E-state index contributed by atoms with van der Waals surface area (Å²) >= 11 is 0. The van der Waals surface area contributed by atoms with Gasteiger partial charge in [0.25, 0.3) is 0 Å². The molecular formula is C15H18N2O4S. The minimum Gasteiger partial charge on any atom is -0.344 e. The topological polar surface area (TPSA) is 83.5 Å². The maximum absolute atomic E-state index is 12.4. The summed E-state index contributed by atoms with van der Waals surface area (Å²) in [5.41, 5.74) is 1.83. The van der Waals surface area contributed by atoms with E-state index in [4.69, 9.17) is 0 Å². The molecule has 2 aliphatic rings. The minimum atomic E-state index is -3.08. The van der Waals surface area contributed by atoms with E-state index in [9.17, 15) is 18.0 Å². The van der Waals surface area contributed by atoms with Gasteiger partial charge < -0.3 is 10.2 Å². The molecule has 0 bridgehead atoms. The highest BCUT2D eigenvalue weighted by Gasteiger charge is 2.33. The first-order valence-electron chi connectivity index (χ1n) is 7.37. The van der Waals surface area contributed by atoms with Crippen LogP contribution in [-0.2, 0) is 25.8 Å². The van der Waals surface area contributed by atoms with Crippen molar-refractivity contribution in [1.29, 1.82) is 0 Å². The van der Waals surface area contributed by atoms with E-state index in [1.807, 2.05) is 24.3 Å². The second kappa shape index (κ2) is 5.72. The number of carbonyl (C=O) groups excluding carboxylic acids is 2. The van der Waals surface area contributed by atoms with Crippen LogP contribution < -0.4 is 10.2 Å². The molecular weight excluding hydrogens is 304 g/mol. The summed E-state index contributed by atoms with van der Waals surface area (Å²) in [5.74, 6) is -1.35. The van der Waals surface area contributed by atoms with E-state index in [0.717, 1.165) is 24.1 Å². The molecule has 0 radical (unpaired) electrons. The quantitative estimate of drug-likeness (QED) is 0.752. The van der Waals surface area contributed by atoms with Gasteiger partial charge in [0, 0.05) is 18.3 Å². The zero-order valence-corrected chi connectivity index (χ0v) is 12.9. The smallest absolute Gasteiger partial charge is 0.316 e. The van der Waals surface area contributed by atoms with Crippen LogP contribution >= 0.6 is 0 Å². The molecule has 1 unspecified atom stereocenters. The molecule has 2 amide bonds. The van der Waals surface area contributed by atoms with Gasteiger partial charge in [0.1, 0.15) is 0 Å². The van der Waals surface area contributed by atoms with E-state index in [2.05, 4.69) is 5.32 Å². The first kappa shape index (κ1) is 15.0. The van der Waals surface area contributed by atoms with E-state index in [-0.39, 0.29) is 11.5 Å². The molecule has 118 valence electrons. The normalized spacial score (nSPS) is 22.9. The molecule has 0 spiro atoms. The van der Waals surface area contributed by atoms with Crippen LogP contribution in [0.15, 0.2) is 24.3 Å². The number of nitrogens with one attached hydrogen (secondary N) is 1. The molecule has 1 aromatic rings. The number of rotatable bonds is 1. The summed E-state index contributed by atoms with van der Waals surface area (Å²) in [6.07, 6.45) is 2.08. The molecule has 1 N–H and O–H groups in total. The molecule has 2 heterocycles. The number of benzene rings is 1. The highest BCUT2D eigenvalue weighted by molar-refractivity contribution is 7.91. The van der Waals surface area contributed by atoms with E-state index >= 15 is 0 Å². The van der Waals surface area contributed by atoms with Gasteiger partial charge in [-0.1, -0.05) is 18.2 Å². The van der Waals surface area contributed by atoms with Crippen molar-refractivity contribution in [2.75, 3.05) is 23.0 Å². The summed E-state index contributed by atoms with van der Waals surface area (Å²) in [7, 11) is -3.08. The average molecular weight is 322 g/mol. The summed E-state index contributed by atoms with van der Waals surface area (Å²) in [4.78, 5) is 26.0. The Kier molecular flexibility index (Phi) is 3.90. The third-order valence-electron chi connectivity index (χ3n) is 4.12. The number of sulfone groups is 1. The van der Waals surface area contributed by atoms with Gasteiger partial charge in [0.15, 0.2) is 9.84 Å². The Morgan fingerprint density at radius 2 is 2.00 bits per heavy atom. The van der Waals surface area contributed by atoms with Crippen molar-refractivity contribution in [1.82, 2.24) is 5.32 Å². The number of carbonyl (C=O) groups is 2. The molecule has 1 aromatic carbocycles. The fraction of sp³-hybridized carbons (Fsp3) is 0.467. The maximum Gasteiger partial charge on any atom is 0.316 e. The monoisotopic (exact) mass is 322 g/mol. The summed E-state index contributed by atoms with van der Waals surface area (Å²) in [5, 5.41) is 2.55. The average Bonchev–Trinajstić information content (AvgIpc) is 2.84. The van der Waals surface area contributed by atoms with Gasteiger partial charge in [0.2, 0.25) is 0 Å². The van der Waals surface area contributed by atoms with Crippen LogP contribution in [0.25, 0.3) is 0 Å². The van der Waals surface area contributed by atoms with Crippen LogP contribution in [0.3, 0.4) is 0 Å². The predicted octanol–water partition coefficient (Wildman–Crippen LogP) is 0.269. The third kappa shape index (κ3) is 2.99. The zero-order chi connectivity index (χ0) is 15.7. The minimum absolute atomic E-state index is 0.0681. The number of hydrogen-bond donors (Lipinski definition) is 1. The van der Waals surface area contributed by atoms with Crippen molar-refractivity contribution < 1.29 is 18.0 Å². The van der Waals surface area contributed by atoms with Crippen LogP contribution in [0.4, 0.5) is 5.69 Å². The van der Waals surface area contributed by atoms with Crippen LogP contribution in [0.2, 0.25) is 0 Å². The first-order valence-corrected chi connectivity index (χ1v) is 9.19. The van der Waals surface area contributed by atoms with Crippen molar-refractivity contribution >= 4 is 27.3 Å². The van der Waals surface area contributed by atoms with Gasteiger partial charge in [-0.15, -0.1) is 0 Å². The predicted molar refractivity (Wildman–Crippen MR) is 82.3 cm³/mol. The molecule has 0 aliphatic carbocycles. The van der Waals surface area contributed by atoms with Gasteiger partial charge in [0.05, 0.1) is 11.5 Å². The lowest BCUT2D eigenvalue weighted by Gasteiger charge is -2.29. The van der Waals surface area contributed by atoms with Gasteiger partial charge in [-0.2, -0.15) is 0 Å². The van der Waals surface area contributed by atoms with Crippen molar-refractivity contribution in [3.8, 4) is 0 Å². The Hall–Kier alpha value is -1.89. The van der Waals surface area contributed by atoms with E-state index in [0.29, 0.717) is 13.0 Å². The molecule has 0 saturated carbocycles. The second-order valence-electron chi connectivity index (χ2n) is 5.76. The third-order valence-corrected chi connectivity index (χ3v) is 5.89. The Labute approximate surface area is 129 Å². The van der Waals surface area contributed by atoms with Crippen molar-refractivity contribution in [3.05, 3.63) is 29.8 Å². The molecule has 1 atom stereocenters. The lowest BCUT2D eigenvalue weighted by atomic mass is 10.0. The fourth-order valence-electron chi connectivity index (χ4n) is 3.02. The highest BCUT2D eigenvalue weighted by atomic mass is 32.2. The van der Waals surface area contributed by atoms with Gasteiger partial charge >= 0.3 is 11.8 Å². The molecule has 6 nitrogen and oxygen atoms in total. The summed E-state index contributed by atoms with van der Waals surface area (Å²) < 4.78 is 22.8. The SMILES string of the molecule is O=C(NC1CCS(=O)(=O)C1)C(=O)N1CCCc2ccccc21. The lowest BCUT2D eigenvalue weighted by Crippen LogP contribution is -2.48. The van der Waals surface area contributed by atoms with Crippen molar-refractivity contribution in [2.45, 2.75) is 25.3 Å². The molecule has 7 heteroatoms. The summed E-state index contributed by atoms with van der Waals surface area (Å²) in [6.45, 7) is 0.506. The molecule has 22 heavy (non-hydrogen) atoms. The van der Waals surface area contributed by atoms with Crippen LogP contribution in [0, 0.1) is 0 Å². The van der Waals surface area contributed by atoms with Crippen LogP contribution in [0.5, 0.6) is 0 Å². The van der Waals surface area contributed by atoms with E-state index < -0.39 is 27.7 Å². The number of aryl methyl sites for hydroxylation is 1. The number of fused-ring (bicyclic) bond motifs is 1.